The van der Waals surface area contributed by atoms with Crippen LogP contribution in [0, 0.1) is 13.8 Å². The maximum absolute atomic E-state index is 5.20. The summed E-state index contributed by atoms with van der Waals surface area (Å²) in [5.74, 6) is 1.57. The number of likely N-dealkylation sites (tertiary alicyclic amines) is 1. The Morgan fingerprint density at radius 2 is 1.85 bits per heavy atom. The minimum atomic E-state index is 0.457. The van der Waals surface area contributed by atoms with E-state index in [2.05, 4.69) is 44.6 Å². The second kappa shape index (κ2) is 7.48. The number of methoxy groups -OCH3 is 1. The number of benzene rings is 1. The van der Waals surface area contributed by atoms with Gasteiger partial charge in [-0.05, 0) is 50.6 Å². The average molecular weight is 363 g/mol. The Labute approximate surface area is 159 Å². The molecular formula is C21H25N5O. The third kappa shape index (κ3) is 3.85. The van der Waals surface area contributed by atoms with E-state index in [0.29, 0.717) is 6.04 Å². The number of nitrogens with zero attached hydrogens (tertiary/aromatic N) is 5. The van der Waals surface area contributed by atoms with E-state index in [9.17, 15) is 0 Å². The number of aryl methyl sites for hydroxylation is 2. The molecule has 6 nitrogen and oxygen atoms in total. The van der Waals surface area contributed by atoms with Crippen molar-refractivity contribution in [3.05, 3.63) is 59.7 Å². The standard InChI is InChI=1S/C21H25N5O/c1-15-10-16(2)26(24-15)19-8-9-25(14-19)13-17-11-22-21(23-12-17)18-4-6-20(27-3)7-5-18/h4-7,10-12,19H,8-9,13-14H2,1-3H3. The first-order valence-corrected chi connectivity index (χ1v) is 9.33. The highest BCUT2D eigenvalue weighted by Gasteiger charge is 2.25. The van der Waals surface area contributed by atoms with Gasteiger partial charge >= 0.3 is 0 Å². The van der Waals surface area contributed by atoms with Gasteiger partial charge < -0.3 is 4.74 Å². The van der Waals surface area contributed by atoms with E-state index in [1.54, 1.807) is 7.11 Å². The van der Waals surface area contributed by atoms with E-state index >= 15 is 0 Å². The van der Waals surface area contributed by atoms with Crippen LogP contribution in [0.2, 0.25) is 0 Å². The highest BCUT2D eigenvalue weighted by atomic mass is 16.5. The lowest BCUT2D eigenvalue weighted by molar-refractivity contribution is 0.310. The Morgan fingerprint density at radius 1 is 1.11 bits per heavy atom. The first-order chi connectivity index (χ1) is 13.1. The van der Waals surface area contributed by atoms with Gasteiger partial charge in [-0.15, -0.1) is 0 Å². The molecule has 4 rings (SSSR count). The number of hydrogen-bond acceptors (Lipinski definition) is 5. The molecule has 1 atom stereocenters. The van der Waals surface area contributed by atoms with Crippen molar-refractivity contribution in [1.82, 2.24) is 24.6 Å². The van der Waals surface area contributed by atoms with Crippen LogP contribution in [0.5, 0.6) is 5.75 Å². The van der Waals surface area contributed by atoms with E-state index in [1.807, 2.05) is 36.7 Å². The number of ether oxygens (including phenoxy) is 1. The SMILES string of the molecule is COc1ccc(-c2ncc(CN3CCC(n4nc(C)cc4C)C3)cn2)cc1. The fourth-order valence-corrected chi connectivity index (χ4v) is 3.75. The van der Waals surface area contributed by atoms with Crippen molar-refractivity contribution in [3.8, 4) is 17.1 Å². The molecule has 0 amide bonds. The molecule has 0 bridgehead atoms. The second-order valence-corrected chi connectivity index (χ2v) is 7.19. The van der Waals surface area contributed by atoms with Gasteiger partial charge in [-0.3, -0.25) is 9.58 Å². The van der Waals surface area contributed by atoms with Crippen LogP contribution in [-0.2, 0) is 6.54 Å². The molecule has 1 fully saturated rings. The third-order valence-electron chi connectivity index (χ3n) is 5.10. The van der Waals surface area contributed by atoms with Crippen molar-refractivity contribution in [2.24, 2.45) is 0 Å². The van der Waals surface area contributed by atoms with Gasteiger partial charge in [-0.2, -0.15) is 5.10 Å². The van der Waals surface area contributed by atoms with Crippen molar-refractivity contribution >= 4 is 0 Å². The maximum atomic E-state index is 5.20. The normalized spacial score (nSPS) is 17.4. The minimum absolute atomic E-state index is 0.457. The van der Waals surface area contributed by atoms with Crippen LogP contribution in [0.15, 0.2) is 42.7 Å². The lowest BCUT2D eigenvalue weighted by Gasteiger charge is -2.17. The number of hydrogen-bond donors (Lipinski definition) is 0. The van der Waals surface area contributed by atoms with Gasteiger partial charge in [0.1, 0.15) is 5.75 Å². The predicted octanol–water partition coefficient (Wildman–Crippen LogP) is 3.41. The Bertz CT molecular complexity index is 901. The summed E-state index contributed by atoms with van der Waals surface area (Å²) in [5.41, 5.74) is 4.47. The summed E-state index contributed by atoms with van der Waals surface area (Å²) < 4.78 is 7.37. The van der Waals surface area contributed by atoms with Crippen LogP contribution in [0.3, 0.4) is 0 Å². The van der Waals surface area contributed by atoms with Crippen molar-refractivity contribution < 1.29 is 4.74 Å². The molecule has 27 heavy (non-hydrogen) atoms. The lowest BCUT2D eigenvalue weighted by atomic mass is 10.2. The highest BCUT2D eigenvalue weighted by Crippen LogP contribution is 2.24. The zero-order valence-corrected chi connectivity index (χ0v) is 16.1. The molecule has 0 saturated carbocycles. The maximum Gasteiger partial charge on any atom is 0.159 e. The molecule has 0 radical (unpaired) electrons. The quantitative estimate of drug-likeness (QED) is 0.695. The van der Waals surface area contributed by atoms with Crippen LogP contribution < -0.4 is 4.74 Å². The summed E-state index contributed by atoms with van der Waals surface area (Å²) in [6.07, 6.45) is 5.00. The summed E-state index contributed by atoms with van der Waals surface area (Å²) in [4.78, 5) is 11.5. The van der Waals surface area contributed by atoms with Gasteiger partial charge in [0.05, 0.1) is 18.8 Å². The van der Waals surface area contributed by atoms with E-state index in [-0.39, 0.29) is 0 Å². The second-order valence-electron chi connectivity index (χ2n) is 7.19. The highest BCUT2D eigenvalue weighted by molar-refractivity contribution is 5.55. The smallest absolute Gasteiger partial charge is 0.159 e. The first-order valence-electron chi connectivity index (χ1n) is 9.33. The van der Waals surface area contributed by atoms with Gasteiger partial charge in [-0.1, -0.05) is 0 Å². The average Bonchev–Trinajstić information content (AvgIpc) is 3.28. The van der Waals surface area contributed by atoms with E-state index < -0.39 is 0 Å². The van der Waals surface area contributed by atoms with Crippen LogP contribution in [0.25, 0.3) is 11.4 Å². The molecule has 0 aliphatic carbocycles. The van der Waals surface area contributed by atoms with Crippen molar-refractivity contribution in [1.29, 1.82) is 0 Å². The van der Waals surface area contributed by atoms with Crippen molar-refractivity contribution in [2.45, 2.75) is 32.9 Å². The Hall–Kier alpha value is -2.73. The van der Waals surface area contributed by atoms with Gasteiger partial charge in [-0.25, -0.2) is 9.97 Å². The molecule has 0 N–H and O–H groups in total. The number of aromatic nitrogens is 4. The van der Waals surface area contributed by atoms with Crippen molar-refractivity contribution in [2.75, 3.05) is 20.2 Å². The molecule has 140 valence electrons. The summed E-state index contributed by atoms with van der Waals surface area (Å²) >= 11 is 0. The molecule has 2 aromatic heterocycles. The van der Waals surface area contributed by atoms with Crippen LogP contribution in [-0.4, -0.2) is 44.8 Å². The van der Waals surface area contributed by atoms with E-state index in [4.69, 9.17) is 4.74 Å². The molecule has 1 unspecified atom stereocenters. The lowest BCUT2D eigenvalue weighted by Crippen LogP contribution is -2.22. The van der Waals surface area contributed by atoms with Crippen LogP contribution >= 0.6 is 0 Å². The monoisotopic (exact) mass is 363 g/mol. The van der Waals surface area contributed by atoms with Crippen LogP contribution in [0.4, 0.5) is 0 Å². The van der Waals surface area contributed by atoms with E-state index in [0.717, 1.165) is 54.4 Å². The zero-order valence-electron chi connectivity index (χ0n) is 16.1. The van der Waals surface area contributed by atoms with Gasteiger partial charge in [0.2, 0.25) is 0 Å². The first kappa shape index (κ1) is 17.7. The Kier molecular flexibility index (Phi) is 4.90. The topological polar surface area (TPSA) is 56.1 Å². The molecule has 1 saturated heterocycles. The molecular weight excluding hydrogens is 338 g/mol. The summed E-state index contributed by atoms with van der Waals surface area (Å²) in [5, 5.41) is 4.65. The molecule has 6 heteroatoms. The van der Waals surface area contributed by atoms with Crippen LogP contribution in [0.1, 0.15) is 29.4 Å². The molecule has 0 spiro atoms. The third-order valence-corrected chi connectivity index (χ3v) is 5.10. The fraction of sp³-hybridized carbons (Fsp3) is 0.381. The molecule has 1 aromatic carbocycles. The molecule has 1 aliphatic heterocycles. The molecule has 3 heterocycles. The van der Waals surface area contributed by atoms with Gasteiger partial charge in [0.15, 0.2) is 5.82 Å². The largest absolute Gasteiger partial charge is 0.497 e. The predicted molar refractivity (Wildman–Crippen MR) is 105 cm³/mol. The Morgan fingerprint density at radius 3 is 2.48 bits per heavy atom. The zero-order chi connectivity index (χ0) is 18.8. The van der Waals surface area contributed by atoms with Crippen molar-refractivity contribution in [3.63, 3.8) is 0 Å². The Balaban J connectivity index is 1.39. The van der Waals surface area contributed by atoms with Gasteiger partial charge in [0.25, 0.3) is 0 Å². The summed E-state index contributed by atoms with van der Waals surface area (Å²) in [7, 11) is 1.66. The molecule has 1 aliphatic rings. The summed E-state index contributed by atoms with van der Waals surface area (Å²) in [6.45, 7) is 7.15. The van der Waals surface area contributed by atoms with E-state index in [1.165, 1.54) is 5.69 Å². The minimum Gasteiger partial charge on any atom is -0.497 e. The summed E-state index contributed by atoms with van der Waals surface area (Å²) in [6, 6.07) is 10.4. The molecule has 3 aromatic rings. The fourth-order valence-electron chi connectivity index (χ4n) is 3.75. The number of rotatable bonds is 5. The van der Waals surface area contributed by atoms with Gasteiger partial charge in [0, 0.05) is 48.8 Å².